The van der Waals surface area contributed by atoms with Crippen molar-refractivity contribution < 1.29 is 9.21 Å². The minimum atomic E-state index is -0.262. The average molecular weight is 299 g/mol. The maximum absolute atomic E-state index is 12.2. The number of piperidine rings is 1. The molecule has 0 bridgehead atoms. The lowest BCUT2D eigenvalue weighted by atomic mass is 10.0. The lowest BCUT2D eigenvalue weighted by Crippen LogP contribution is -2.38. The summed E-state index contributed by atoms with van der Waals surface area (Å²) in [6.07, 6.45) is 5.07. The maximum atomic E-state index is 12.2. The third-order valence-corrected chi connectivity index (χ3v) is 4.13. The minimum absolute atomic E-state index is 0.262. The fraction of sp³-hybridized carbons (Fsp3) is 0.353. The van der Waals surface area contributed by atoms with Crippen LogP contribution in [0.1, 0.15) is 36.7 Å². The van der Waals surface area contributed by atoms with Gasteiger partial charge in [0.25, 0.3) is 5.91 Å². The standard InChI is InChI=1S/C17H21N3O2/c1-12-5-2-3-9-20(12)15-8-7-13(18)11-14(15)19-17(21)16-6-4-10-22-16/h4,6-8,10-12H,2-3,5,9,18H2,1H3,(H,19,21). The average Bonchev–Trinajstić information content (AvgIpc) is 3.03. The summed E-state index contributed by atoms with van der Waals surface area (Å²) in [7, 11) is 0. The number of carbonyl (C=O) groups excluding carboxylic acids is 1. The Morgan fingerprint density at radius 1 is 1.36 bits per heavy atom. The molecule has 22 heavy (non-hydrogen) atoms. The molecule has 1 fully saturated rings. The Balaban J connectivity index is 1.89. The molecule has 1 atom stereocenters. The molecule has 2 aromatic rings. The molecule has 1 amide bonds. The highest BCUT2D eigenvalue weighted by Gasteiger charge is 2.22. The van der Waals surface area contributed by atoms with Crippen molar-refractivity contribution >= 4 is 23.0 Å². The normalized spacial score (nSPS) is 18.2. The topological polar surface area (TPSA) is 71.5 Å². The molecule has 0 radical (unpaired) electrons. The van der Waals surface area contributed by atoms with Crippen LogP contribution in [0.25, 0.3) is 0 Å². The first-order valence-corrected chi connectivity index (χ1v) is 7.66. The highest BCUT2D eigenvalue weighted by atomic mass is 16.3. The number of amides is 1. The summed E-state index contributed by atoms with van der Waals surface area (Å²) in [6.45, 7) is 3.21. The van der Waals surface area contributed by atoms with E-state index >= 15 is 0 Å². The van der Waals surface area contributed by atoms with Gasteiger partial charge in [-0.2, -0.15) is 0 Å². The number of nitrogens with two attached hydrogens (primary N) is 1. The molecule has 0 aliphatic carbocycles. The van der Waals surface area contributed by atoms with Gasteiger partial charge < -0.3 is 20.4 Å². The van der Waals surface area contributed by atoms with Crippen LogP contribution >= 0.6 is 0 Å². The van der Waals surface area contributed by atoms with Crippen LogP contribution in [-0.4, -0.2) is 18.5 Å². The van der Waals surface area contributed by atoms with Crippen molar-refractivity contribution in [3.63, 3.8) is 0 Å². The van der Waals surface area contributed by atoms with Gasteiger partial charge in [0.1, 0.15) is 0 Å². The van der Waals surface area contributed by atoms with E-state index < -0.39 is 0 Å². The van der Waals surface area contributed by atoms with Gasteiger partial charge in [-0.1, -0.05) is 0 Å². The first kappa shape index (κ1) is 14.5. The zero-order valence-electron chi connectivity index (χ0n) is 12.7. The monoisotopic (exact) mass is 299 g/mol. The van der Waals surface area contributed by atoms with E-state index in [4.69, 9.17) is 10.2 Å². The van der Waals surface area contributed by atoms with Crippen molar-refractivity contribution in [2.75, 3.05) is 22.5 Å². The molecule has 1 aliphatic heterocycles. The van der Waals surface area contributed by atoms with Gasteiger partial charge in [0.15, 0.2) is 5.76 Å². The Labute approximate surface area is 130 Å². The summed E-state index contributed by atoms with van der Waals surface area (Å²) in [5.74, 6) is 0.0292. The van der Waals surface area contributed by atoms with Crippen LogP contribution in [0.4, 0.5) is 17.1 Å². The highest BCUT2D eigenvalue weighted by Crippen LogP contribution is 2.33. The van der Waals surface area contributed by atoms with E-state index in [2.05, 4.69) is 17.1 Å². The summed E-state index contributed by atoms with van der Waals surface area (Å²) in [4.78, 5) is 14.6. The van der Waals surface area contributed by atoms with E-state index in [1.165, 1.54) is 19.1 Å². The largest absolute Gasteiger partial charge is 0.459 e. The molecule has 1 unspecified atom stereocenters. The van der Waals surface area contributed by atoms with Gasteiger partial charge in [-0.15, -0.1) is 0 Å². The second kappa shape index (κ2) is 6.13. The quantitative estimate of drug-likeness (QED) is 0.851. The second-order valence-corrected chi connectivity index (χ2v) is 5.75. The van der Waals surface area contributed by atoms with Gasteiger partial charge in [-0.25, -0.2) is 0 Å². The maximum Gasteiger partial charge on any atom is 0.291 e. The zero-order valence-corrected chi connectivity index (χ0v) is 12.7. The van der Waals surface area contributed by atoms with E-state index in [0.29, 0.717) is 17.5 Å². The molecular formula is C17H21N3O2. The van der Waals surface area contributed by atoms with Crippen LogP contribution in [0.2, 0.25) is 0 Å². The van der Waals surface area contributed by atoms with Gasteiger partial charge >= 0.3 is 0 Å². The molecule has 3 rings (SSSR count). The fourth-order valence-electron chi connectivity index (χ4n) is 2.95. The molecule has 0 spiro atoms. The fourth-order valence-corrected chi connectivity index (χ4v) is 2.95. The number of hydrogen-bond acceptors (Lipinski definition) is 4. The molecule has 5 nitrogen and oxygen atoms in total. The smallest absolute Gasteiger partial charge is 0.291 e. The number of nitrogen functional groups attached to an aromatic ring is 1. The van der Waals surface area contributed by atoms with Crippen molar-refractivity contribution in [2.45, 2.75) is 32.2 Å². The van der Waals surface area contributed by atoms with Gasteiger partial charge in [0.2, 0.25) is 0 Å². The van der Waals surface area contributed by atoms with Crippen molar-refractivity contribution in [1.82, 2.24) is 0 Å². The number of nitrogens with zero attached hydrogens (tertiary/aromatic N) is 1. The number of nitrogens with one attached hydrogen (secondary N) is 1. The Bertz CT molecular complexity index is 652. The Morgan fingerprint density at radius 2 is 2.23 bits per heavy atom. The molecule has 3 N–H and O–H groups in total. The number of anilines is 3. The van der Waals surface area contributed by atoms with Crippen LogP contribution in [-0.2, 0) is 0 Å². The van der Waals surface area contributed by atoms with E-state index in [-0.39, 0.29) is 5.91 Å². The number of furan rings is 1. The van der Waals surface area contributed by atoms with Gasteiger partial charge in [0, 0.05) is 18.3 Å². The van der Waals surface area contributed by atoms with E-state index in [1.54, 1.807) is 18.2 Å². The number of benzene rings is 1. The molecule has 5 heteroatoms. The molecule has 1 aromatic carbocycles. The van der Waals surface area contributed by atoms with Crippen LogP contribution in [0.3, 0.4) is 0 Å². The summed E-state index contributed by atoms with van der Waals surface area (Å²) < 4.78 is 5.15. The van der Waals surface area contributed by atoms with Crippen molar-refractivity contribution in [3.8, 4) is 0 Å². The summed E-state index contributed by atoms with van der Waals surface area (Å²) >= 11 is 0. The van der Waals surface area contributed by atoms with Crippen molar-refractivity contribution in [3.05, 3.63) is 42.4 Å². The Kier molecular flexibility index (Phi) is 4.04. The molecular weight excluding hydrogens is 278 g/mol. The molecule has 1 aromatic heterocycles. The lowest BCUT2D eigenvalue weighted by Gasteiger charge is -2.36. The summed E-state index contributed by atoms with van der Waals surface area (Å²) in [5.41, 5.74) is 8.27. The lowest BCUT2D eigenvalue weighted by molar-refractivity contribution is 0.0996. The SMILES string of the molecule is CC1CCCCN1c1ccc(N)cc1NC(=O)c1ccco1. The third-order valence-electron chi connectivity index (χ3n) is 4.13. The molecule has 1 aliphatic rings. The molecule has 1 saturated heterocycles. The van der Waals surface area contributed by atoms with Crippen LogP contribution < -0.4 is 16.0 Å². The minimum Gasteiger partial charge on any atom is -0.459 e. The van der Waals surface area contributed by atoms with Gasteiger partial charge in [0.05, 0.1) is 17.6 Å². The first-order chi connectivity index (χ1) is 10.6. The van der Waals surface area contributed by atoms with Crippen LogP contribution in [0.15, 0.2) is 41.0 Å². The number of carbonyl (C=O) groups is 1. The summed E-state index contributed by atoms with van der Waals surface area (Å²) in [5, 5.41) is 2.92. The van der Waals surface area contributed by atoms with Gasteiger partial charge in [-0.05, 0) is 56.5 Å². The van der Waals surface area contributed by atoms with Gasteiger partial charge in [-0.3, -0.25) is 4.79 Å². The second-order valence-electron chi connectivity index (χ2n) is 5.75. The Hall–Kier alpha value is -2.43. The highest BCUT2D eigenvalue weighted by molar-refractivity contribution is 6.04. The number of hydrogen-bond donors (Lipinski definition) is 2. The predicted octanol–water partition coefficient (Wildman–Crippen LogP) is 3.49. The third kappa shape index (κ3) is 2.93. The Morgan fingerprint density at radius 3 is 2.95 bits per heavy atom. The van der Waals surface area contributed by atoms with Crippen molar-refractivity contribution in [1.29, 1.82) is 0 Å². The van der Waals surface area contributed by atoms with Crippen LogP contribution in [0.5, 0.6) is 0 Å². The first-order valence-electron chi connectivity index (χ1n) is 7.66. The van der Waals surface area contributed by atoms with E-state index in [1.807, 2.05) is 12.1 Å². The molecule has 2 heterocycles. The van der Waals surface area contributed by atoms with Crippen molar-refractivity contribution in [2.24, 2.45) is 0 Å². The van der Waals surface area contributed by atoms with Crippen LogP contribution in [0, 0.1) is 0 Å². The van der Waals surface area contributed by atoms with E-state index in [0.717, 1.165) is 24.3 Å². The number of rotatable bonds is 3. The zero-order chi connectivity index (χ0) is 15.5. The molecule has 0 saturated carbocycles. The predicted molar refractivity (Wildman–Crippen MR) is 88.2 cm³/mol. The van der Waals surface area contributed by atoms with E-state index in [9.17, 15) is 4.79 Å². The molecule has 116 valence electrons. The summed E-state index contributed by atoms with van der Waals surface area (Å²) in [6, 6.07) is 9.45.